The van der Waals surface area contributed by atoms with Gasteiger partial charge in [-0.25, -0.2) is 18.1 Å². The van der Waals surface area contributed by atoms with Crippen LogP contribution < -0.4 is 10.6 Å². The molecule has 0 saturated heterocycles. The largest absolute Gasteiger partial charge is 0.301 e. The Labute approximate surface area is 196 Å². The number of aromatic nitrogens is 6. The van der Waals surface area contributed by atoms with Crippen LogP contribution in [0.25, 0.3) is 0 Å². The number of thiocarbonyl (C=S) groups is 1. The van der Waals surface area contributed by atoms with Gasteiger partial charge in [0.05, 0.1) is 13.1 Å². The van der Waals surface area contributed by atoms with E-state index in [0.717, 1.165) is 0 Å². The molecule has 2 aromatic heterocycles. The molecule has 8 nitrogen and oxygen atoms in total. The first-order valence-electron chi connectivity index (χ1n) is 9.11. The first-order chi connectivity index (χ1) is 15.4. The smallest absolute Gasteiger partial charge is 0.227 e. The number of hydrogen-bond acceptors (Lipinski definition) is 5. The Morgan fingerprint density at radius 2 is 1.25 bits per heavy atom. The van der Waals surface area contributed by atoms with E-state index in [-0.39, 0.29) is 51.3 Å². The summed E-state index contributed by atoms with van der Waals surface area (Å²) >= 11 is 17.5. The van der Waals surface area contributed by atoms with Gasteiger partial charge >= 0.3 is 0 Å². The maximum Gasteiger partial charge on any atom is 0.227 e. The lowest BCUT2D eigenvalue weighted by molar-refractivity contribution is 0.587. The maximum absolute atomic E-state index is 14.1. The fraction of sp³-hybridized carbons (Fsp3) is 0.105. The quantitative estimate of drug-likeness (QED) is 0.385. The number of halogens is 4. The Morgan fingerprint density at radius 3 is 1.66 bits per heavy atom. The topological polar surface area (TPSA) is 85.5 Å². The lowest BCUT2D eigenvalue weighted by Crippen LogP contribution is -2.24. The highest BCUT2D eigenvalue weighted by molar-refractivity contribution is 7.80. The zero-order chi connectivity index (χ0) is 22.7. The van der Waals surface area contributed by atoms with Gasteiger partial charge in [-0.2, -0.15) is 20.2 Å². The highest BCUT2D eigenvalue weighted by atomic mass is 35.5. The first kappa shape index (κ1) is 22.1. The average Bonchev–Trinajstić information content (AvgIpc) is 3.37. The van der Waals surface area contributed by atoms with Gasteiger partial charge in [-0.05, 0) is 36.5 Å². The van der Waals surface area contributed by atoms with Crippen LogP contribution in [-0.2, 0) is 13.1 Å². The van der Waals surface area contributed by atoms with Gasteiger partial charge in [0.15, 0.2) is 5.11 Å². The van der Waals surface area contributed by atoms with Crippen molar-refractivity contribution in [1.29, 1.82) is 0 Å². The number of rotatable bonds is 6. The normalized spacial score (nSPS) is 10.9. The molecule has 0 unspecified atom stereocenters. The van der Waals surface area contributed by atoms with Gasteiger partial charge in [0.1, 0.15) is 24.3 Å². The van der Waals surface area contributed by atoms with E-state index < -0.39 is 11.6 Å². The van der Waals surface area contributed by atoms with Crippen molar-refractivity contribution < 1.29 is 8.78 Å². The number of anilines is 2. The summed E-state index contributed by atoms with van der Waals surface area (Å²) in [6, 6.07) is 8.84. The Kier molecular flexibility index (Phi) is 6.58. The third-order valence-corrected chi connectivity index (χ3v) is 5.33. The molecule has 13 heteroatoms. The summed E-state index contributed by atoms with van der Waals surface area (Å²) in [7, 11) is 0. The molecule has 0 amide bonds. The molecule has 164 valence electrons. The lowest BCUT2D eigenvalue weighted by Gasteiger charge is -2.13. The highest BCUT2D eigenvalue weighted by Gasteiger charge is 2.15. The lowest BCUT2D eigenvalue weighted by atomic mass is 10.2. The zero-order valence-electron chi connectivity index (χ0n) is 16.1. The Balaban J connectivity index is 1.46. The minimum atomic E-state index is -0.459. The zero-order valence-corrected chi connectivity index (χ0v) is 18.5. The van der Waals surface area contributed by atoms with Gasteiger partial charge < -0.3 is 10.6 Å². The van der Waals surface area contributed by atoms with Crippen molar-refractivity contribution in [3.8, 4) is 0 Å². The number of benzene rings is 2. The van der Waals surface area contributed by atoms with E-state index in [2.05, 4.69) is 30.8 Å². The summed E-state index contributed by atoms with van der Waals surface area (Å²) in [4.78, 5) is 8.18. The molecule has 32 heavy (non-hydrogen) atoms. The van der Waals surface area contributed by atoms with E-state index in [4.69, 9.17) is 35.4 Å². The van der Waals surface area contributed by atoms with E-state index in [1.54, 1.807) is 12.1 Å². The molecule has 0 fully saturated rings. The first-order valence-corrected chi connectivity index (χ1v) is 10.3. The van der Waals surface area contributed by atoms with Crippen LogP contribution in [0.5, 0.6) is 0 Å². The Hall–Kier alpha value is -3.15. The molecule has 4 rings (SSSR count). The summed E-state index contributed by atoms with van der Waals surface area (Å²) < 4.78 is 31.0. The summed E-state index contributed by atoms with van der Waals surface area (Å²) in [6.45, 7) is 0.0802. The molecule has 0 spiro atoms. The van der Waals surface area contributed by atoms with Crippen molar-refractivity contribution in [3.63, 3.8) is 0 Å². The molecule has 0 aliphatic carbocycles. The van der Waals surface area contributed by atoms with Crippen molar-refractivity contribution >= 4 is 52.4 Å². The minimum absolute atomic E-state index is 0.0401. The molecule has 2 N–H and O–H groups in total. The summed E-state index contributed by atoms with van der Waals surface area (Å²) in [5.74, 6) is -0.408. The molecule has 4 aromatic rings. The minimum Gasteiger partial charge on any atom is -0.301 e. The Morgan fingerprint density at radius 1 is 0.812 bits per heavy atom. The number of hydrogen-bond donors (Lipinski definition) is 2. The second kappa shape index (κ2) is 9.55. The number of nitrogens with one attached hydrogen (secondary N) is 2. The van der Waals surface area contributed by atoms with Crippen LogP contribution >= 0.6 is 35.4 Å². The van der Waals surface area contributed by atoms with Crippen LogP contribution in [0.1, 0.15) is 11.1 Å². The van der Waals surface area contributed by atoms with Gasteiger partial charge in [0.25, 0.3) is 0 Å². The monoisotopic (exact) mass is 494 g/mol. The van der Waals surface area contributed by atoms with E-state index in [9.17, 15) is 8.78 Å². The van der Waals surface area contributed by atoms with E-state index in [0.29, 0.717) is 0 Å². The summed E-state index contributed by atoms with van der Waals surface area (Å²) in [6.07, 6.45) is 2.59. The molecule has 0 radical (unpaired) electrons. The van der Waals surface area contributed by atoms with Gasteiger partial charge in [-0.1, -0.05) is 35.3 Å². The molecule has 0 aliphatic heterocycles. The SMILES string of the molecule is Fc1cccc(Cl)c1Cn1ncnc1NC(=S)Nc1ncnn1Cc1c(F)cccc1Cl. The number of nitrogens with zero attached hydrogens (tertiary/aromatic N) is 6. The Bertz CT molecular complexity index is 1140. The second-order valence-corrected chi connectivity index (χ2v) is 7.68. The van der Waals surface area contributed by atoms with Crippen molar-refractivity contribution in [2.45, 2.75) is 13.1 Å². The van der Waals surface area contributed by atoms with Gasteiger partial charge in [-0.15, -0.1) is 0 Å². The van der Waals surface area contributed by atoms with Crippen LogP contribution in [0.4, 0.5) is 20.7 Å². The highest BCUT2D eigenvalue weighted by Crippen LogP contribution is 2.22. The molecule has 0 atom stereocenters. The van der Waals surface area contributed by atoms with Crippen molar-refractivity contribution in [2.75, 3.05) is 10.6 Å². The predicted octanol–water partition coefficient (Wildman–Crippen LogP) is 4.36. The van der Waals surface area contributed by atoms with E-state index in [1.807, 2.05) is 0 Å². The van der Waals surface area contributed by atoms with Crippen molar-refractivity contribution in [3.05, 3.63) is 81.9 Å². The maximum atomic E-state index is 14.1. The van der Waals surface area contributed by atoms with Crippen LogP contribution in [0.3, 0.4) is 0 Å². The summed E-state index contributed by atoms with van der Waals surface area (Å²) in [5, 5.41) is 14.5. The van der Waals surface area contributed by atoms with Crippen LogP contribution in [-0.4, -0.2) is 34.6 Å². The van der Waals surface area contributed by atoms with Crippen LogP contribution in [0.2, 0.25) is 10.0 Å². The molecule has 0 aliphatic rings. The van der Waals surface area contributed by atoms with Crippen LogP contribution in [0, 0.1) is 11.6 Å². The molecule has 2 aromatic carbocycles. The van der Waals surface area contributed by atoms with Gasteiger partial charge in [0, 0.05) is 21.2 Å². The van der Waals surface area contributed by atoms with Crippen LogP contribution in [0.15, 0.2) is 49.1 Å². The predicted molar refractivity (Wildman–Crippen MR) is 121 cm³/mol. The van der Waals surface area contributed by atoms with E-state index in [1.165, 1.54) is 46.3 Å². The second-order valence-electron chi connectivity index (χ2n) is 6.46. The standard InChI is InChI=1S/C19H14Cl2F2N8S/c20-13-3-1-5-15(22)11(13)7-30-17(24-9-26-30)28-19(32)29-18-25-10-27-31(18)8-12-14(21)4-2-6-16(12)23/h1-6,9-10H,7-8H2,(H2,24,25,26,27,28,29,32). The molecular weight excluding hydrogens is 481 g/mol. The van der Waals surface area contributed by atoms with E-state index >= 15 is 0 Å². The van der Waals surface area contributed by atoms with Crippen molar-refractivity contribution in [2.24, 2.45) is 0 Å². The fourth-order valence-electron chi connectivity index (χ4n) is 2.85. The van der Waals surface area contributed by atoms with Crippen molar-refractivity contribution in [1.82, 2.24) is 29.5 Å². The molecule has 0 bridgehead atoms. The third kappa shape index (κ3) is 4.85. The average molecular weight is 495 g/mol. The summed E-state index contributed by atoms with van der Waals surface area (Å²) in [5.41, 5.74) is 0.534. The molecule has 0 saturated carbocycles. The van der Waals surface area contributed by atoms with Gasteiger partial charge in [-0.3, -0.25) is 0 Å². The molecular formula is C19H14Cl2F2N8S. The molecule has 2 heterocycles. The fourth-order valence-corrected chi connectivity index (χ4v) is 3.48. The van der Waals surface area contributed by atoms with Gasteiger partial charge in [0.2, 0.25) is 11.9 Å². The third-order valence-electron chi connectivity index (χ3n) is 4.42.